The number of imidazole rings is 1. The van der Waals surface area contributed by atoms with Gasteiger partial charge in [-0.05, 0) is 23.8 Å². The van der Waals surface area contributed by atoms with Gasteiger partial charge in [-0.2, -0.15) is 0 Å². The van der Waals surface area contributed by atoms with E-state index in [1.165, 1.54) is 0 Å². The third-order valence-electron chi connectivity index (χ3n) is 3.34. The van der Waals surface area contributed by atoms with Gasteiger partial charge >= 0.3 is 0 Å². The zero-order valence-electron chi connectivity index (χ0n) is 11.7. The van der Waals surface area contributed by atoms with Crippen molar-refractivity contribution in [2.75, 3.05) is 5.32 Å². The summed E-state index contributed by atoms with van der Waals surface area (Å²) in [5, 5.41) is 12.3. The second-order valence-corrected chi connectivity index (χ2v) is 4.89. The number of hydrogen-bond donors (Lipinski definition) is 3. The van der Waals surface area contributed by atoms with Gasteiger partial charge in [0.25, 0.3) is 0 Å². The number of nitrogens with one attached hydrogen (secondary N) is 1. The maximum absolute atomic E-state index is 11.7. The highest BCUT2D eigenvalue weighted by Gasteiger charge is 2.17. The zero-order chi connectivity index (χ0) is 15.5. The van der Waals surface area contributed by atoms with E-state index < -0.39 is 11.9 Å². The van der Waals surface area contributed by atoms with Crippen LogP contribution in [0, 0.1) is 0 Å². The van der Waals surface area contributed by atoms with Crippen LogP contribution in [0.1, 0.15) is 5.56 Å². The highest BCUT2D eigenvalue weighted by Crippen LogP contribution is 2.14. The lowest BCUT2D eigenvalue weighted by Crippen LogP contribution is -2.38. The Balaban J connectivity index is 1.84. The van der Waals surface area contributed by atoms with Gasteiger partial charge in [0, 0.05) is 25.0 Å². The number of phenols is 1. The molecule has 0 saturated heterocycles. The Kier molecular flexibility index (Phi) is 3.61. The minimum atomic E-state index is -0.620. The van der Waals surface area contributed by atoms with Crippen LogP contribution in [-0.4, -0.2) is 31.4 Å². The number of rotatable bonds is 5. The second-order valence-electron chi connectivity index (χ2n) is 4.89. The maximum Gasteiger partial charge on any atom is 0.240 e. The molecule has 0 fully saturated rings. The number of phenolic OH excluding ortho intramolecular Hbond substituents is 1. The average Bonchev–Trinajstić information content (AvgIpc) is 2.98. The number of benzene rings is 1. The molecule has 1 aromatic carbocycles. The normalized spacial score (nSPS) is 12.2. The van der Waals surface area contributed by atoms with E-state index in [9.17, 15) is 9.90 Å². The van der Waals surface area contributed by atoms with Gasteiger partial charge < -0.3 is 16.2 Å². The van der Waals surface area contributed by atoms with E-state index in [0.717, 1.165) is 11.2 Å². The molecule has 0 aliphatic heterocycles. The molecule has 0 aliphatic carbocycles. The van der Waals surface area contributed by atoms with E-state index in [1.54, 1.807) is 53.3 Å². The van der Waals surface area contributed by atoms with Gasteiger partial charge in [0.1, 0.15) is 17.4 Å². The van der Waals surface area contributed by atoms with Crippen LogP contribution in [0.15, 0.2) is 48.9 Å². The third-order valence-corrected chi connectivity index (χ3v) is 3.34. The number of carbonyl (C=O) groups excluding carboxylic acids is 1. The number of anilines is 1. The first-order chi connectivity index (χ1) is 10.6. The van der Waals surface area contributed by atoms with Crippen LogP contribution in [0.2, 0.25) is 0 Å². The standard InChI is InChI=1S/C15H15N5O2/c16-14(22)12(9-10-1-3-11(21)4-2-10)19-15-18-6-5-13-17-7-8-20(13)15/h1-8,12,21H,9H2,(H2,16,22)(H,18,19)/t12-/m0/s1. The minimum Gasteiger partial charge on any atom is -0.508 e. The van der Waals surface area contributed by atoms with Crippen molar-refractivity contribution >= 4 is 17.5 Å². The summed E-state index contributed by atoms with van der Waals surface area (Å²) in [7, 11) is 0. The Hall–Kier alpha value is -3.09. The molecule has 3 rings (SSSR count). The minimum absolute atomic E-state index is 0.178. The van der Waals surface area contributed by atoms with Gasteiger partial charge in [-0.15, -0.1) is 0 Å². The molecule has 1 amide bonds. The quantitative estimate of drug-likeness (QED) is 0.650. The molecule has 0 bridgehead atoms. The lowest BCUT2D eigenvalue weighted by atomic mass is 10.1. The van der Waals surface area contributed by atoms with Crippen molar-refractivity contribution < 1.29 is 9.90 Å². The zero-order valence-corrected chi connectivity index (χ0v) is 11.7. The predicted molar refractivity (Wildman–Crippen MR) is 81.4 cm³/mol. The topological polar surface area (TPSA) is 106 Å². The molecule has 7 nitrogen and oxygen atoms in total. The summed E-state index contributed by atoms with van der Waals surface area (Å²) in [4.78, 5) is 20.1. The van der Waals surface area contributed by atoms with Crippen LogP contribution >= 0.6 is 0 Å². The summed E-state index contributed by atoms with van der Waals surface area (Å²) in [5.74, 6) is 0.196. The number of aromatic hydroxyl groups is 1. The van der Waals surface area contributed by atoms with Crippen molar-refractivity contribution in [2.24, 2.45) is 5.73 Å². The molecule has 1 atom stereocenters. The summed E-state index contributed by atoms with van der Waals surface area (Å²) in [6.45, 7) is 0. The predicted octanol–water partition coefficient (Wildman–Crippen LogP) is 0.943. The molecule has 2 aromatic heterocycles. The van der Waals surface area contributed by atoms with Crippen LogP contribution < -0.4 is 11.1 Å². The summed E-state index contributed by atoms with van der Waals surface area (Å²) in [6.07, 6.45) is 5.41. The van der Waals surface area contributed by atoms with Gasteiger partial charge in [0.2, 0.25) is 11.9 Å². The number of aromatic nitrogens is 3. The second kappa shape index (κ2) is 5.72. The first-order valence-electron chi connectivity index (χ1n) is 6.75. The molecule has 0 radical (unpaired) electrons. The van der Waals surface area contributed by atoms with Crippen LogP contribution in [0.3, 0.4) is 0 Å². The Bertz CT molecular complexity index is 797. The van der Waals surface area contributed by atoms with E-state index in [4.69, 9.17) is 5.73 Å². The monoisotopic (exact) mass is 297 g/mol. The van der Waals surface area contributed by atoms with Crippen LogP contribution in [-0.2, 0) is 11.2 Å². The van der Waals surface area contributed by atoms with Crippen molar-refractivity contribution in [3.8, 4) is 5.75 Å². The lowest BCUT2D eigenvalue weighted by Gasteiger charge is -2.17. The van der Waals surface area contributed by atoms with Gasteiger partial charge in [0.05, 0.1) is 0 Å². The fraction of sp³-hybridized carbons (Fsp3) is 0.133. The van der Waals surface area contributed by atoms with Crippen LogP contribution in [0.25, 0.3) is 5.65 Å². The van der Waals surface area contributed by atoms with Crippen molar-refractivity contribution in [3.05, 3.63) is 54.5 Å². The first-order valence-corrected chi connectivity index (χ1v) is 6.75. The Morgan fingerprint density at radius 1 is 1.23 bits per heavy atom. The third kappa shape index (κ3) is 2.83. The molecule has 0 aliphatic rings. The maximum atomic E-state index is 11.7. The molecule has 2 heterocycles. The molecule has 0 unspecified atom stereocenters. The number of amides is 1. The van der Waals surface area contributed by atoms with E-state index in [0.29, 0.717) is 12.4 Å². The smallest absolute Gasteiger partial charge is 0.240 e. The molecule has 7 heteroatoms. The van der Waals surface area contributed by atoms with E-state index >= 15 is 0 Å². The molecular formula is C15H15N5O2. The largest absolute Gasteiger partial charge is 0.508 e. The average molecular weight is 297 g/mol. The van der Waals surface area contributed by atoms with Crippen molar-refractivity contribution in [1.29, 1.82) is 0 Å². The first kappa shape index (κ1) is 13.9. The molecular weight excluding hydrogens is 282 g/mol. The lowest BCUT2D eigenvalue weighted by molar-refractivity contribution is -0.118. The molecule has 0 saturated carbocycles. The highest BCUT2D eigenvalue weighted by atomic mass is 16.3. The number of carbonyl (C=O) groups is 1. The van der Waals surface area contributed by atoms with E-state index in [2.05, 4.69) is 15.3 Å². The van der Waals surface area contributed by atoms with Crippen molar-refractivity contribution in [1.82, 2.24) is 14.4 Å². The van der Waals surface area contributed by atoms with E-state index in [-0.39, 0.29) is 5.75 Å². The number of hydrogen-bond acceptors (Lipinski definition) is 5. The van der Waals surface area contributed by atoms with Gasteiger partial charge in [-0.3, -0.25) is 9.20 Å². The van der Waals surface area contributed by atoms with Crippen LogP contribution in [0.5, 0.6) is 5.75 Å². The Morgan fingerprint density at radius 3 is 2.73 bits per heavy atom. The SMILES string of the molecule is NC(=O)[C@H](Cc1ccc(O)cc1)Nc1nccc2nccn12. The molecule has 4 N–H and O–H groups in total. The molecule has 3 aromatic rings. The molecule has 112 valence electrons. The van der Waals surface area contributed by atoms with Gasteiger partial charge in [0.15, 0.2) is 0 Å². The number of primary amides is 1. The molecule has 0 spiro atoms. The fourth-order valence-corrected chi connectivity index (χ4v) is 2.21. The van der Waals surface area contributed by atoms with Crippen molar-refractivity contribution in [2.45, 2.75) is 12.5 Å². The Labute approximate surface area is 126 Å². The number of nitrogens with zero attached hydrogens (tertiary/aromatic N) is 3. The van der Waals surface area contributed by atoms with E-state index in [1.807, 2.05) is 0 Å². The number of nitrogens with two attached hydrogens (primary N) is 1. The highest BCUT2D eigenvalue weighted by molar-refractivity contribution is 5.82. The summed E-state index contributed by atoms with van der Waals surface area (Å²) < 4.78 is 1.74. The summed E-state index contributed by atoms with van der Waals surface area (Å²) in [5.41, 5.74) is 7.09. The van der Waals surface area contributed by atoms with Gasteiger partial charge in [-0.25, -0.2) is 9.97 Å². The van der Waals surface area contributed by atoms with Gasteiger partial charge in [-0.1, -0.05) is 12.1 Å². The summed E-state index contributed by atoms with van der Waals surface area (Å²) >= 11 is 0. The fourth-order valence-electron chi connectivity index (χ4n) is 2.21. The van der Waals surface area contributed by atoms with Crippen molar-refractivity contribution in [3.63, 3.8) is 0 Å². The molecule has 22 heavy (non-hydrogen) atoms. The Morgan fingerprint density at radius 2 is 2.00 bits per heavy atom. The number of fused-ring (bicyclic) bond motifs is 1. The van der Waals surface area contributed by atoms with Crippen LogP contribution in [0.4, 0.5) is 5.95 Å². The summed E-state index contributed by atoms with van der Waals surface area (Å²) in [6, 6.07) is 7.79.